The van der Waals surface area contributed by atoms with Crippen molar-refractivity contribution in [3.05, 3.63) is 50.7 Å². The summed E-state index contributed by atoms with van der Waals surface area (Å²) in [6, 6.07) is 3.27. The van der Waals surface area contributed by atoms with Gasteiger partial charge >= 0.3 is 0 Å². The van der Waals surface area contributed by atoms with E-state index in [1.54, 1.807) is 18.9 Å². The van der Waals surface area contributed by atoms with Crippen molar-refractivity contribution < 1.29 is 23.6 Å². The molecule has 0 saturated carbocycles. The lowest BCUT2D eigenvalue weighted by Crippen LogP contribution is -2.47. The van der Waals surface area contributed by atoms with Crippen molar-refractivity contribution in [3.8, 4) is 0 Å². The third-order valence-electron chi connectivity index (χ3n) is 6.23. The maximum absolute atomic E-state index is 13.9. The molecule has 1 fully saturated rings. The first-order chi connectivity index (χ1) is 16.6. The lowest BCUT2D eigenvalue weighted by atomic mass is 9.98. The van der Waals surface area contributed by atoms with Gasteiger partial charge in [-0.2, -0.15) is 0 Å². The van der Waals surface area contributed by atoms with Crippen molar-refractivity contribution in [2.45, 2.75) is 32.9 Å². The molecule has 2 aliphatic rings. The van der Waals surface area contributed by atoms with Gasteiger partial charge in [-0.05, 0) is 36.6 Å². The van der Waals surface area contributed by atoms with Crippen LogP contribution in [-0.4, -0.2) is 70.2 Å². The molecule has 35 heavy (non-hydrogen) atoms. The lowest BCUT2D eigenvalue weighted by Gasteiger charge is -2.28. The zero-order valence-corrected chi connectivity index (χ0v) is 20.5. The smallest absolute Gasteiger partial charge is 0.282 e. The van der Waals surface area contributed by atoms with E-state index in [0.29, 0.717) is 36.5 Å². The van der Waals surface area contributed by atoms with Gasteiger partial charge < -0.3 is 16.0 Å². The second-order valence-corrected chi connectivity index (χ2v) is 9.87. The average Bonchev–Trinajstić information content (AvgIpc) is 3.41. The minimum absolute atomic E-state index is 0.0578. The van der Waals surface area contributed by atoms with E-state index in [1.807, 2.05) is 5.01 Å². The Hall–Kier alpha value is -3.38. The number of amides is 4. The number of nitrogens with zero attached hydrogens (tertiary/aromatic N) is 4. The fourth-order valence-corrected chi connectivity index (χ4v) is 5.34. The molecule has 1 saturated heterocycles. The van der Waals surface area contributed by atoms with E-state index in [-0.39, 0.29) is 22.3 Å². The second kappa shape index (κ2) is 9.70. The first kappa shape index (κ1) is 24.7. The van der Waals surface area contributed by atoms with Crippen LogP contribution in [0.4, 0.5) is 4.39 Å². The molecule has 2 aliphatic heterocycles. The number of fused-ring (bicyclic) bond motifs is 2. The topological polar surface area (TPSA) is 129 Å². The highest BCUT2D eigenvalue weighted by molar-refractivity contribution is 7.15. The van der Waals surface area contributed by atoms with Crippen LogP contribution in [0.5, 0.6) is 0 Å². The van der Waals surface area contributed by atoms with Gasteiger partial charge in [0, 0.05) is 33.2 Å². The summed E-state index contributed by atoms with van der Waals surface area (Å²) in [6.45, 7) is 4.91. The number of hydrogen-bond acceptors (Lipinski definition) is 7. The zero-order valence-electron chi connectivity index (χ0n) is 19.7. The Morgan fingerprint density at radius 3 is 2.77 bits per heavy atom. The Balaban J connectivity index is 1.48. The number of hydrogen-bond donors (Lipinski definition) is 2. The number of rotatable bonds is 6. The Labute approximate surface area is 205 Å². The third kappa shape index (κ3) is 4.89. The van der Waals surface area contributed by atoms with Crippen LogP contribution in [0.25, 0.3) is 0 Å². The van der Waals surface area contributed by atoms with Crippen LogP contribution in [0.3, 0.4) is 0 Å². The summed E-state index contributed by atoms with van der Waals surface area (Å²) in [4.78, 5) is 56.3. The monoisotopic (exact) mass is 502 g/mol. The number of halogens is 1. The van der Waals surface area contributed by atoms with E-state index in [1.165, 1.54) is 30.1 Å². The number of benzene rings is 1. The number of carbonyl (C=O) groups excluding carboxylic acids is 4. The van der Waals surface area contributed by atoms with E-state index >= 15 is 0 Å². The predicted molar refractivity (Wildman–Crippen MR) is 126 cm³/mol. The number of thiazole rings is 1. The molecule has 0 radical (unpaired) electrons. The van der Waals surface area contributed by atoms with Crippen molar-refractivity contribution in [2.75, 3.05) is 26.7 Å². The van der Waals surface area contributed by atoms with Gasteiger partial charge in [0.2, 0.25) is 5.91 Å². The summed E-state index contributed by atoms with van der Waals surface area (Å²) in [5.41, 5.74) is 6.90. The molecule has 0 aliphatic carbocycles. The number of primary amides is 1. The molecule has 2 atom stereocenters. The molecule has 4 amide bonds. The quantitative estimate of drug-likeness (QED) is 0.611. The highest BCUT2D eigenvalue weighted by Gasteiger charge is 2.39. The Bertz CT molecular complexity index is 1200. The van der Waals surface area contributed by atoms with Gasteiger partial charge in [-0.15, -0.1) is 11.3 Å². The van der Waals surface area contributed by atoms with E-state index in [4.69, 9.17) is 5.73 Å². The molecule has 3 N–H and O–H groups in total. The van der Waals surface area contributed by atoms with Gasteiger partial charge in [-0.1, -0.05) is 13.0 Å². The van der Waals surface area contributed by atoms with Gasteiger partial charge in [0.15, 0.2) is 5.01 Å². The summed E-state index contributed by atoms with van der Waals surface area (Å²) >= 11 is 0.910. The maximum Gasteiger partial charge on any atom is 0.282 e. The fraction of sp³-hybridized carbons (Fsp3) is 0.435. The Kier molecular flexibility index (Phi) is 6.86. The van der Waals surface area contributed by atoms with Gasteiger partial charge in [0.1, 0.15) is 16.7 Å². The molecule has 0 unspecified atom stereocenters. The Morgan fingerprint density at radius 2 is 2.09 bits per heavy atom. The molecule has 3 heterocycles. The SMILES string of the molecule is Cc1nc(C(=O)N(C)C[C@@H](C)C(=O)N[C@@H]2C(=O)N3CCCN3Cc3cc(F)ccc32)sc1C(N)=O. The second-order valence-electron chi connectivity index (χ2n) is 8.87. The molecule has 1 aromatic carbocycles. The molecular formula is C23H27FN6O4S. The van der Waals surface area contributed by atoms with Crippen LogP contribution in [0.15, 0.2) is 18.2 Å². The number of nitrogens with two attached hydrogens (primary N) is 1. The number of carbonyl (C=O) groups is 4. The molecule has 12 heteroatoms. The fourth-order valence-electron chi connectivity index (χ4n) is 4.43. The van der Waals surface area contributed by atoms with Gasteiger partial charge in [-0.3, -0.25) is 24.2 Å². The number of hydrazine groups is 1. The van der Waals surface area contributed by atoms with Crippen LogP contribution in [-0.2, 0) is 16.1 Å². The molecule has 0 bridgehead atoms. The molecule has 0 spiro atoms. The third-order valence-corrected chi connectivity index (χ3v) is 7.39. The van der Waals surface area contributed by atoms with Gasteiger partial charge in [0.25, 0.3) is 17.7 Å². The summed E-state index contributed by atoms with van der Waals surface area (Å²) in [6.07, 6.45) is 0.800. The van der Waals surface area contributed by atoms with Gasteiger partial charge in [-0.25, -0.2) is 14.4 Å². The van der Waals surface area contributed by atoms with Crippen LogP contribution in [0.2, 0.25) is 0 Å². The van der Waals surface area contributed by atoms with Crippen LogP contribution >= 0.6 is 11.3 Å². The number of nitrogens with one attached hydrogen (secondary N) is 1. The zero-order chi connectivity index (χ0) is 25.4. The normalized spacial score (nSPS) is 18.5. The molecule has 4 rings (SSSR count). The van der Waals surface area contributed by atoms with Crippen LogP contribution in [0, 0.1) is 18.7 Å². The maximum atomic E-state index is 13.9. The van der Waals surface area contributed by atoms with Gasteiger partial charge in [0.05, 0.1) is 11.6 Å². The van der Waals surface area contributed by atoms with Crippen molar-refractivity contribution in [2.24, 2.45) is 11.7 Å². The molecule has 186 valence electrons. The minimum atomic E-state index is -0.954. The molecular weight excluding hydrogens is 475 g/mol. The summed E-state index contributed by atoms with van der Waals surface area (Å²) in [5, 5.41) is 6.41. The van der Waals surface area contributed by atoms with E-state index < -0.39 is 35.5 Å². The van der Waals surface area contributed by atoms with E-state index in [2.05, 4.69) is 10.3 Å². The van der Waals surface area contributed by atoms with Crippen LogP contribution < -0.4 is 11.1 Å². The molecule has 10 nitrogen and oxygen atoms in total. The largest absolute Gasteiger partial charge is 0.365 e. The van der Waals surface area contributed by atoms with E-state index in [0.717, 1.165) is 17.8 Å². The Morgan fingerprint density at radius 1 is 1.34 bits per heavy atom. The molecule has 1 aromatic heterocycles. The van der Waals surface area contributed by atoms with E-state index in [9.17, 15) is 23.6 Å². The summed E-state index contributed by atoms with van der Waals surface area (Å²) in [7, 11) is 1.53. The molecule has 2 aromatic rings. The highest BCUT2D eigenvalue weighted by Crippen LogP contribution is 2.30. The summed E-state index contributed by atoms with van der Waals surface area (Å²) < 4.78 is 13.9. The van der Waals surface area contributed by atoms with Crippen LogP contribution in [0.1, 0.15) is 55.7 Å². The average molecular weight is 503 g/mol. The number of aromatic nitrogens is 1. The number of aryl methyl sites for hydroxylation is 1. The summed E-state index contributed by atoms with van der Waals surface area (Å²) in [5.74, 6) is -2.84. The first-order valence-corrected chi connectivity index (χ1v) is 12.1. The standard InChI is InChI=1S/C23H27FN6O4S/c1-12(10-28(3)23(34)21-26-13(2)18(35-21)19(25)31)20(32)27-17-16-6-5-15(24)9-14(16)11-29-7-4-8-30(29)22(17)33/h5-6,9,12,17H,4,7-8,10-11H2,1-3H3,(H2,25,31)(H,27,32)/t12-,17+/m1/s1. The van der Waals surface area contributed by atoms with Crippen molar-refractivity contribution in [3.63, 3.8) is 0 Å². The first-order valence-electron chi connectivity index (χ1n) is 11.2. The predicted octanol–water partition coefficient (Wildman–Crippen LogP) is 1.22. The van der Waals surface area contributed by atoms with Crippen molar-refractivity contribution in [1.29, 1.82) is 0 Å². The van der Waals surface area contributed by atoms with Crippen molar-refractivity contribution >= 4 is 35.0 Å². The van der Waals surface area contributed by atoms with Crippen molar-refractivity contribution in [1.82, 2.24) is 25.2 Å². The lowest BCUT2D eigenvalue weighted by molar-refractivity contribution is -0.148. The highest BCUT2D eigenvalue weighted by atomic mass is 32.1. The minimum Gasteiger partial charge on any atom is -0.365 e.